The van der Waals surface area contributed by atoms with E-state index < -0.39 is 11.6 Å². The number of rotatable bonds is 8. The van der Waals surface area contributed by atoms with E-state index in [1.165, 1.54) is 5.57 Å². The van der Waals surface area contributed by atoms with Crippen molar-refractivity contribution in [1.29, 1.82) is 0 Å². The predicted octanol–water partition coefficient (Wildman–Crippen LogP) is 4.06. The lowest BCUT2D eigenvalue weighted by Gasteiger charge is -2.58. The number of carboxylic acids is 1. The molecule has 1 amide bonds. The van der Waals surface area contributed by atoms with E-state index in [4.69, 9.17) is 16.4 Å². The summed E-state index contributed by atoms with van der Waals surface area (Å²) in [5.41, 5.74) is 1.35. The first-order valence-corrected chi connectivity index (χ1v) is 13.2. The van der Waals surface area contributed by atoms with Crippen LogP contribution in [0.3, 0.4) is 0 Å². The van der Waals surface area contributed by atoms with Gasteiger partial charge in [0.05, 0.1) is 5.71 Å². The number of aliphatic hydroxyl groups is 1. The lowest BCUT2D eigenvalue weighted by Crippen LogP contribution is -2.54. The van der Waals surface area contributed by atoms with Crippen molar-refractivity contribution in [3.8, 4) is 12.3 Å². The summed E-state index contributed by atoms with van der Waals surface area (Å²) in [6, 6.07) is 0. The molecule has 192 valence electrons. The molecule has 0 saturated heterocycles. The van der Waals surface area contributed by atoms with Crippen molar-refractivity contribution >= 4 is 17.6 Å². The Morgan fingerprint density at radius 2 is 1.94 bits per heavy atom. The second-order valence-corrected chi connectivity index (χ2v) is 11.6. The minimum Gasteiger partial charge on any atom is -0.481 e. The van der Waals surface area contributed by atoms with Gasteiger partial charge < -0.3 is 20.4 Å². The molecule has 7 heteroatoms. The molecule has 4 rings (SSSR count). The van der Waals surface area contributed by atoms with Crippen LogP contribution in [-0.2, 0) is 14.4 Å². The normalized spacial score (nSPS) is 39.0. The van der Waals surface area contributed by atoms with Gasteiger partial charge in [-0.3, -0.25) is 9.59 Å². The van der Waals surface area contributed by atoms with Gasteiger partial charge in [0.15, 0.2) is 6.61 Å². The van der Waals surface area contributed by atoms with Crippen LogP contribution in [0, 0.1) is 40.9 Å². The maximum absolute atomic E-state index is 11.9. The van der Waals surface area contributed by atoms with E-state index in [0.717, 1.165) is 57.1 Å². The number of nitrogens with one attached hydrogen (secondary N) is 1. The van der Waals surface area contributed by atoms with E-state index in [9.17, 15) is 14.7 Å². The van der Waals surface area contributed by atoms with Gasteiger partial charge in [0.2, 0.25) is 0 Å². The third-order valence-corrected chi connectivity index (χ3v) is 9.88. The third-order valence-electron chi connectivity index (χ3n) is 9.88. The van der Waals surface area contributed by atoms with Gasteiger partial charge in [-0.25, -0.2) is 0 Å². The lowest BCUT2D eigenvalue weighted by molar-refractivity contribution is -0.137. The molecule has 0 aromatic heterocycles. The summed E-state index contributed by atoms with van der Waals surface area (Å²) < 4.78 is 0. The molecule has 0 heterocycles. The topological polar surface area (TPSA) is 108 Å². The number of oxime groups is 1. The number of allylic oxidation sites excluding steroid dienone is 2. The quantitative estimate of drug-likeness (QED) is 0.274. The van der Waals surface area contributed by atoms with Crippen LogP contribution in [0.1, 0.15) is 84.5 Å². The highest BCUT2D eigenvalue weighted by molar-refractivity contribution is 5.96. The monoisotopic (exact) mass is 484 g/mol. The van der Waals surface area contributed by atoms with Crippen molar-refractivity contribution in [3.63, 3.8) is 0 Å². The van der Waals surface area contributed by atoms with Gasteiger partial charge >= 0.3 is 5.97 Å². The predicted molar refractivity (Wildman–Crippen MR) is 133 cm³/mol. The minimum atomic E-state index is -0.964. The summed E-state index contributed by atoms with van der Waals surface area (Å²) in [6.07, 6.45) is 17.1. The number of unbranched alkanes of at least 4 members (excludes halogenated alkanes) is 1. The smallest absolute Gasteiger partial charge is 0.303 e. The highest BCUT2D eigenvalue weighted by atomic mass is 16.6. The fourth-order valence-corrected chi connectivity index (χ4v) is 7.75. The van der Waals surface area contributed by atoms with E-state index in [2.05, 4.69) is 36.3 Å². The van der Waals surface area contributed by atoms with Crippen molar-refractivity contribution in [1.82, 2.24) is 5.32 Å². The third kappa shape index (κ3) is 4.74. The summed E-state index contributed by atoms with van der Waals surface area (Å²) >= 11 is 0. The molecule has 0 radical (unpaired) electrons. The van der Waals surface area contributed by atoms with Crippen molar-refractivity contribution in [2.75, 3.05) is 13.2 Å². The lowest BCUT2D eigenvalue weighted by atomic mass is 9.46. The summed E-state index contributed by atoms with van der Waals surface area (Å²) in [6.45, 7) is 4.95. The molecule has 3 saturated carbocycles. The fraction of sp³-hybridized carbons (Fsp3) is 0.750. The summed E-state index contributed by atoms with van der Waals surface area (Å²) in [7, 11) is 0. The summed E-state index contributed by atoms with van der Waals surface area (Å²) in [4.78, 5) is 27.8. The molecule has 4 aliphatic carbocycles. The Kier molecular flexibility index (Phi) is 7.33. The van der Waals surface area contributed by atoms with E-state index >= 15 is 0 Å². The number of carbonyl (C=O) groups excluding carboxylic acids is 1. The molecule has 7 nitrogen and oxygen atoms in total. The van der Waals surface area contributed by atoms with Crippen LogP contribution < -0.4 is 5.32 Å². The molecule has 3 N–H and O–H groups in total. The molecule has 0 aromatic carbocycles. The molecule has 4 aliphatic rings. The average molecular weight is 485 g/mol. The molecule has 3 fully saturated rings. The second kappa shape index (κ2) is 9.97. The summed E-state index contributed by atoms with van der Waals surface area (Å²) in [5.74, 6) is 3.39. The fourth-order valence-electron chi connectivity index (χ4n) is 7.75. The molecule has 0 aliphatic heterocycles. The highest BCUT2D eigenvalue weighted by Crippen LogP contribution is 2.67. The molecule has 0 bridgehead atoms. The standard InChI is InChI=1S/C28H40N2O5/c1-4-28(34)15-12-23-21-9-8-19-17-20(10-13-26(19,2)22(21)11-14-27(23,28)3)30-35-18-24(31)29-16-6-5-7-25(32)33/h1,17,21-23,34H,5-16,18H2,2-3H3,(H,29,31)(H,32,33)/b30-20-/t21-,22-,23+,26-,27-,28-/m0/s1. The van der Waals surface area contributed by atoms with Crippen molar-refractivity contribution in [2.24, 2.45) is 33.7 Å². The van der Waals surface area contributed by atoms with Crippen molar-refractivity contribution in [3.05, 3.63) is 11.6 Å². The number of carbonyl (C=O) groups is 2. The number of nitrogens with zero attached hydrogens (tertiary/aromatic N) is 1. The van der Waals surface area contributed by atoms with Gasteiger partial charge in [-0.05, 0) is 93.5 Å². The summed E-state index contributed by atoms with van der Waals surface area (Å²) in [5, 5.41) is 26.8. The number of hydrogen-bond acceptors (Lipinski definition) is 5. The number of fused-ring (bicyclic) bond motifs is 5. The molecule has 35 heavy (non-hydrogen) atoms. The maximum Gasteiger partial charge on any atom is 0.303 e. The molecule has 6 atom stereocenters. The molecule has 0 spiro atoms. The molecular weight excluding hydrogens is 444 g/mol. The Bertz CT molecular complexity index is 951. The first-order valence-electron chi connectivity index (χ1n) is 13.2. The van der Waals surface area contributed by atoms with Crippen LogP contribution in [0.15, 0.2) is 16.8 Å². The molecular formula is C28H40N2O5. The van der Waals surface area contributed by atoms with E-state index in [-0.39, 0.29) is 29.8 Å². The molecule has 0 aromatic rings. The van der Waals surface area contributed by atoms with Crippen LogP contribution in [0.5, 0.6) is 0 Å². The highest BCUT2D eigenvalue weighted by Gasteiger charge is 2.63. The Hall–Kier alpha value is -2.33. The zero-order valence-corrected chi connectivity index (χ0v) is 21.1. The number of aliphatic carboxylic acids is 1. The Labute approximate surface area is 208 Å². The first kappa shape index (κ1) is 25.8. The zero-order chi connectivity index (χ0) is 25.3. The Morgan fingerprint density at radius 1 is 1.17 bits per heavy atom. The van der Waals surface area contributed by atoms with Gasteiger partial charge in [0.1, 0.15) is 5.60 Å². The maximum atomic E-state index is 11.9. The number of hydrogen-bond donors (Lipinski definition) is 3. The van der Waals surface area contributed by atoms with Gasteiger partial charge in [-0.15, -0.1) is 6.42 Å². The van der Waals surface area contributed by atoms with Gasteiger partial charge in [0.25, 0.3) is 5.91 Å². The van der Waals surface area contributed by atoms with Crippen LogP contribution >= 0.6 is 0 Å². The Balaban J connectivity index is 1.33. The van der Waals surface area contributed by atoms with Crippen LogP contribution in [-0.4, -0.2) is 46.6 Å². The minimum absolute atomic E-state index is 0.113. The second-order valence-electron chi connectivity index (χ2n) is 11.6. The van der Waals surface area contributed by atoms with Gasteiger partial charge in [0, 0.05) is 18.4 Å². The van der Waals surface area contributed by atoms with E-state index in [0.29, 0.717) is 37.1 Å². The first-order chi connectivity index (χ1) is 16.6. The average Bonchev–Trinajstić information content (AvgIpc) is 3.10. The van der Waals surface area contributed by atoms with E-state index in [1.807, 2.05) is 0 Å². The number of amides is 1. The number of carboxylic acid groups (broad SMARTS) is 1. The molecule has 0 unspecified atom stereocenters. The Morgan fingerprint density at radius 3 is 2.69 bits per heavy atom. The van der Waals surface area contributed by atoms with Crippen molar-refractivity contribution < 1.29 is 24.6 Å². The van der Waals surface area contributed by atoms with Gasteiger partial charge in [-0.1, -0.05) is 30.5 Å². The van der Waals surface area contributed by atoms with Crippen molar-refractivity contribution in [2.45, 2.75) is 90.1 Å². The largest absolute Gasteiger partial charge is 0.481 e. The number of terminal acetylenes is 1. The van der Waals surface area contributed by atoms with E-state index in [1.54, 1.807) is 0 Å². The van der Waals surface area contributed by atoms with Crippen LogP contribution in [0.4, 0.5) is 0 Å². The van der Waals surface area contributed by atoms with Crippen LogP contribution in [0.25, 0.3) is 0 Å². The zero-order valence-electron chi connectivity index (χ0n) is 21.1. The van der Waals surface area contributed by atoms with Crippen LogP contribution in [0.2, 0.25) is 0 Å². The van der Waals surface area contributed by atoms with Gasteiger partial charge in [-0.2, -0.15) is 0 Å². The SMILES string of the molecule is C#C[C@]1(O)CC[C@@H]2[C@H]3CCC4=C/C(=N\OCC(=O)NCCCCC(=O)O)CC[C@]4(C)[C@H]3CC[C@@]21C.